The van der Waals surface area contributed by atoms with E-state index in [9.17, 15) is 0 Å². The van der Waals surface area contributed by atoms with Gasteiger partial charge in [0.25, 0.3) is 0 Å². The first-order valence-corrected chi connectivity index (χ1v) is 9.44. The summed E-state index contributed by atoms with van der Waals surface area (Å²) in [6, 6.07) is 10.4. The van der Waals surface area contributed by atoms with Crippen LogP contribution in [0.4, 0.5) is 0 Å². The van der Waals surface area contributed by atoms with Gasteiger partial charge in [0.15, 0.2) is 0 Å². The Bertz CT molecular complexity index is 675. The summed E-state index contributed by atoms with van der Waals surface area (Å²) in [5.74, 6) is 0. The van der Waals surface area contributed by atoms with Crippen molar-refractivity contribution in [2.45, 2.75) is 50.9 Å². The third-order valence-corrected chi connectivity index (χ3v) is 5.88. The molecule has 1 heterocycles. The lowest BCUT2D eigenvalue weighted by Crippen LogP contribution is -2.29. The van der Waals surface area contributed by atoms with Gasteiger partial charge in [0.2, 0.25) is 0 Å². The van der Waals surface area contributed by atoms with Crippen molar-refractivity contribution < 1.29 is 0 Å². The van der Waals surface area contributed by atoms with Crippen molar-refractivity contribution in [2.75, 3.05) is 14.1 Å². The van der Waals surface area contributed by atoms with Gasteiger partial charge in [-0.2, -0.15) is 0 Å². The van der Waals surface area contributed by atoms with Gasteiger partial charge in [0.05, 0.1) is 6.54 Å². The van der Waals surface area contributed by atoms with Gasteiger partial charge in [-0.25, -0.2) is 4.98 Å². The molecule has 4 rings (SSSR count). The van der Waals surface area contributed by atoms with E-state index in [0.29, 0.717) is 6.04 Å². The highest BCUT2D eigenvalue weighted by Gasteiger charge is 2.37. The molecule has 1 saturated carbocycles. The van der Waals surface area contributed by atoms with Crippen LogP contribution in [0, 0.1) is 0 Å². The molecule has 0 amide bonds. The van der Waals surface area contributed by atoms with E-state index < -0.39 is 0 Å². The molecule has 0 aliphatic heterocycles. The van der Waals surface area contributed by atoms with Gasteiger partial charge in [-0.05, 0) is 50.9 Å². The molecule has 0 radical (unpaired) electrons. The number of benzene rings is 1. The van der Waals surface area contributed by atoms with E-state index in [1.54, 1.807) is 11.1 Å². The Labute approximate surface area is 143 Å². The Morgan fingerprint density at radius 1 is 1.13 bits per heavy atom. The molecule has 2 aliphatic carbocycles. The third kappa shape index (κ3) is 3.35. The third-order valence-electron chi connectivity index (χ3n) is 4.91. The number of rotatable bonds is 6. The predicted molar refractivity (Wildman–Crippen MR) is 95.6 cm³/mol. The molecule has 0 bridgehead atoms. The van der Waals surface area contributed by atoms with E-state index in [-0.39, 0.29) is 0 Å². The molecule has 0 spiro atoms. The van der Waals surface area contributed by atoms with Crippen molar-refractivity contribution in [3.05, 3.63) is 51.5 Å². The quantitative estimate of drug-likeness (QED) is 0.803. The fourth-order valence-electron chi connectivity index (χ4n) is 3.74. The molecular weight excluding hydrogens is 302 g/mol. The molecule has 1 unspecified atom stereocenters. The highest BCUT2D eigenvalue weighted by atomic mass is 32.1. The highest BCUT2D eigenvalue weighted by molar-refractivity contribution is 7.11. The molecule has 2 aliphatic rings. The Morgan fingerprint density at radius 2 is 1.96 bits per heavy atom. The van der Waals surface area contributed by atoms with Crippen LogP contribution in [-0.4, -0.2) is 34.9 Å². The molecule has 0 N–H and O–H groups in total. The molecule has 1 aromatic carbocycles. The summed E-state index contributed by atoms with van der Waals surface area (Å²) in [4.78, 5) is 11.0. The van der Waals surface area contributed by atoms with Crippen molar-refractivity contribution in [3.8, 4) is 0 Å². The van der Waals surface area contributed by atoms with Crippen LogP contribution in [0.5, 0.6) is 0 Å². The van der Waals surface area contributed by atoms with Gasteiger partial charge in [-0.3, -0.25) is 4.90 Å². The Kier molecular flexibility index (Phi) is 4.22. The molecule has 2 aromatic rings. The van der Waals surface area contributed by atoms with E-state index in [1.165, 1.54) is 35.6 Å². The molecule has 4 heteroatoms. The van der Waals surface area contributed by atoms with Crippen LogP contribution in [0.1, 0.15) is 46.3 Å². The minimum absolute atomic E-state index is 0.597. The van der Waals surface area contributed by atoms with Crippen LogP contribution in [-0.2, 0) is 19.5 Å². The fourth-order valence-corrected chi connectivity index (χ4v) is 4.79. The van der Waals surface area contributed by atoms with Crippen molar-refractivity contribution in [2.24, 2.45) is 0 Å². The molecule has 1 aromatic heterocycles. The summed E-state index contributed by atoms with van der Waals surface area (Å²) >= 11 is 1.88. The molecule has 23 heavy (non-hydrogen) atoms. The maximum Gasteiger partial charge on any atom is 0.107 e. The summed E-state index contributed by atoms with van der Waals surface area (Å²) in [5, 5.41) is 1.28. The topological polar surface area (TPSA) is 19.4 Å². The van der Waals surface area contributed by atoms with Gasteiger partial charge in [0.1, 0.15) is 5.01 Å². The normalized spacial score (nSPS) is 20.4. The fraction of sp³-hybridized carbons (Fsp3) is 0.526. The minimum atomic E-state index is 0.597. The summed E-state index contributed by atoms with van der Waals surface area (Å²) in [7, 11) is 4.23. The second-order valence-corrected chi connectivity index (χ2v) is 8.31. The van der Waals surface area contributed by atoms with Crippen molar-refractivity contribution in [3.63, 3.8) is 0 Å². The van der Waals surface area contributed by atoms with Gasteiger partial charge >= 0.3 is 0 Å². The van der Waals surface area contributed by atoms with Gasteiger partial charge in [0, 0.05) is 29.7 Å². The number of hydrogen-bond acceptors (Lipinski definition) is 4. The maximum atomic E-state index is 4.70. The van der Waals surface area contributed by atoms with Crippen molar-refractivity contribution >= 4 is 11.3 Å². The van der Waals surface area contributed by atoms with Gasteiger partial charge in [-0.1, -0.05) is 24.3 Å². The second-order valence-electron chi connectivity index (χ2n) is 7.11. The standard InChI is InChI=1S/C19H25N3S/c1-21(2)12-16-11-20-19(23-16)13-22(15-8-9-15)18-10-7-14-5-3-4-6-17(14)18/h3-6,11,15,18H,7-10,12-13H2,1-2H3. The second kappa shape index (κ2) is 6.34. The van der Waals surface area contributed by atoms with E-state index in [2.05, 4.69) is 54.4 Å². The molecule has 1 fully saturated rings. The Morgan fingerprint density at radius 3 is 2.74 bits per heavy atom. The summed E-state index contributed by atoms with van der Waals surface area (Å²) in [5.41, 5.74) is 3.11. The monoisotopic (exact) mass is 327 g/mol. The number of fused-ring (bicyclic) bond motifs is 1. The van der Waals surface area contributed by atoms with Crippen LogP contribution in [0.15, 0.2) is 30.5 Å². The van der Waals surface area contributed by atoms with E-state index in [1.807, 2.05) is 11.3 Å². The first kappa shape index (κ1) is 15.3. The molecule has 0 saturated heterocycles. The zero-order valence-electron chi connectivity index (χ0n) is 14.0. The first-order chi connectivity index (χ1) is 11.2. The SMILES string of the molecule is CN(C)Cc1cnc(CN(C2CC2)C2CCc3ccccc32)s1. The van der Waals surface area contributed by atoms with Gasteiger partial charge < -0.3 is 4.90 Å². The zero-order chi connectivity index (χ0) is 15.8. The molecular formula is C19H25N3S. The predicted octanol–water partition coefficient (Wildman–Crippen LogP) is 3.86. The van der Waals surface area contributed by atoms with Crippen molar-refractivity contribution in [1.82, 2.24) is 14.8 Å². The Balaban J connectivity index is 1.52. The molecule has 3 nitrogen and oxygen atoms in total. The first-order valence-electron chi connectivity index (χ1n) is 8.62. The summed E-state index contributed by atoms with van der Waals surface area (Å²) in [6.45, 7) is 2.01. The van der Waals surface area contributed by atoms with Crippen LogP contribution >= 0.6 is 11.3 Å². The van der Waals surface area contributed by atoms with E-state index >= 15 is 0 Å². The van der Waals surface area contributed by atoms with Crippen molar-refractivity contribution in [1.29, 1.82) is 0 Å². The number of aromatic nitrogens is 1. The lowest BCUT2D eigenvalue weighted by Gasteiger charge is -2.28. The lowest BCUT2D eigenvalue weighted by molar-refractivity contribution is 0.177. The van der Waals surface area contributed by atoms with Crippen LogP contribution in [0.3, 0.4) is 0 Å². The van der Waals surface area contributed by atoms with E-state index in [4.69, 9.17) is 4.98 Å². The van der Waals surface area contributed by atoms with Gasteiger partial charge in [-0.15, -0.1) is 11.3 Å². The average molecular weight is 327 g/mol. The van der Waals surface area contributed by atoms with Crippen LogP contribution in [0.25, 0.3) is 0 Å². The minimum Gasteiger partial charge on any atom is -0.304 e. The number of hydrogen-bond donors (Lipinski definition) is 0. The van der Waals surface area contributed by atoms with Crippen LogP contribution < -0.4 is 0 Å². The summed E-state index contributed by atoms with van der Waals surface area (Å²) in [6.07, 6.45) is 7.27. The van der Waals surface area contributed by atoms with E-state index in [0.717, 1.165) is 19.1 Å². The zero-order valence-corrected chi connectivity index (χ0v) is 14.9. The number of aryl methyl sites for hydroxylation is 1. The van der Waals surface area contributed by atoms with Crippen LogP contribution in [0.2, 0.25) is 0 Å². The maximum absolute atomic E-state index is 4.70. The number of thiazole rings is 1. The lowest BCUT2D eigenvalue weighted by atomic mass is 10.1. The highest BCUT2D eigenvalue weighted by Crippen LogP contribution is 2.42. The number of nitrogens with zero attached hydrogens (tertiary/aromatic N) is 3. The molecule has 122 valence electrons. The Hall–Kier alpha value is -1.23. The largest absolute Gasteiger partial charge is 0.304 e. The smallest absolute Gasteiger partial charge is 0.107 e. The molecule has 1 atom stereocenters. The summed E-state index contributed by atoms with van der Waals surface area (Å²) < 4.78 is 0. The average Bonchev–Trinajstić information content (AvgIpc) is 3.14.